The van der Waals surface area contributed by atoms with Crippen LogP contribution in [0.1, 0.15) is 50.7 Å². The number of hydrogen-bond acceptors (Lipinski definition) is 5. The average molecular weight is 284 g/mol. The Hall–Kier alpha value is -1.04. The van der Waals surface area contributed by atoms with E-state index < -0.39 is 5.97 Å². The van der Waals surface area contributed by atoms with Crippen LogP contribution in [-0.2, 0) is 10.5 Å². The molecule has 3 unspecified atom stereocenters. The SMILES string of the molecule is CCCSCc1noc(C2CC(C)CC2C(=O)O)n1. The Labute approximate surface area is 117 Å². The molecule has 1 aliphatic carbocycles. The number of aliphatic carboxylic acids is 1. The highest BCUT2D eigenvalue weighted by Gasteiger charge is 2.41. The topological polar surface area (TPSA) is 76.2 Å². The molecule has 0 amide bonds. The van der Waals surface area contributed by atoms with Crippen molar-refractivity contribution in [1.82, 2.24) is 10.1 Å². The Morgan fingerprint density at radius 1 is 1.53 bits per heavy atom. The van der Waals surface area contributed by atoms with Gasteiger partial charge in [0.2, 0.25) is 5.89 Å². The van der Waals surface area contributed by atoms with Crippen LogP contribution in [0.4, 0.5) is 0 Å². The van der Waals surface area contributed by atoms with E-state index in [-0.39, 0.29) is 11.8 Å². The minimum Gasteiger partial charge on any atom is -0.481 e. The molecule has 1 aromatic rings. The fraction of sp³-hybridized carbons (Fsp3) is 0.769. The summed E-state index contributed by atoms with van der Waals surface area (Å²) in [4.78, 5) is 15.6. The predicted octanol–water partition coefficient (Wildman–Crippen LogP) is 2.93. The number of thioether (sulfide) groups is 1. The molecule has 1 saturated carbocycles. The van der Waals surface area contributed by atoms with Gasteiger partial charge >= 0.3 is 5.97 Å². The van der Waals surface area contributed by atoms with E-state index in [4.69, 9.17) is 4.52 Å². The number of carboxylic acids is 1. The maximum absolute atomic E-state index is 11.3. The van der Waals surface area contributed by atoms with Gasteiger partial charge in [0, 0.05) is 0 Å². The molecule has 1 N–H and O–H groups in total. The van der Waals surface area contributed by atoms with E-state index in [0.717, 1.165) is 24.3 Å². The summed E-state index contributed by atoms with van der Waals surface area (Å²) in [6.07, 6.45) is 2.64. The van der Waals surface area contributed by atoms with Gasteiger partial charge in [-0.05, 0) is 30.9 Å². The van der Waals surface area contributed by atoms with Gasteiger partial charge in [-0.25, -0.2) is 0 Å². The van der Waals surface area contributed by atoms with Crippen LogP contribution in [0, 0.1) is 11.8 Å². The van der Waals surface area contributed by atoms with Crippen molar-refractivity contribution in [1.29, 1.82) is 0 Å². The molecule has 0 aromatic carbocycles. The van der Waals surface area contributed by atoms with Gasteiger partial charge in [0.05, 0.1) is 17.6 Å². The molecular formula is C13H20N2O3S. The van der Waals surface area contributed by atoms with Crippen LogP contribution in [0.3, 0.4) is 0 Å². The van der Waals surface area contributed by atoms with E-state index in [1.807, 2.05) is 0 Å². The van der Waals surface area contributed by atoms with Crippen LogP contribution in [0.5, 0.6) is 0 Å². The van der Waals surface area contributed by atoms with Crippen LogP contribution >= 0.6 is 11.8 Å². The van der Waals surface area contributed by atoms with Gasteiger partial charge in [0.1, 0.15) is 0 Å². The average Bonchev–Trinajstić information content (AvgIpc) is 2.96. The standard InChI is InChI=1S/C13H20N2O3S/c1-3-4-19-7-11-14-12(18-15-11)9-5-8(2)6-10(9)13(16)17/h8-10H,3-7H2,1-2H3,(H,16,17). The monoisotopic (exact) mass is 284 g/mol. The molecule has 5 nitrogen and oxygen atoms in total. The first-order chi connectivity index (χ1) is 9.11. The molecule has 2 rings (SSSR count). The van der Waals surface area contributed by atoms with Crippen molar-refractivity contribution in [2.45, 2.75) is 44.8 Å². The third-order valence-electron chi connectivity index (χ3n) is 3.50. The second kappa shape index (κ2) is 6.41. The Bertz CT molecular complexity index is 435. The fourth-order valence-electron chi connectivity index (χ4n) is 2.62. The zero-order valence-electron chi connectivity index (χ0n) is 11.3. The smallest absolute Gasteiger partial charge is 0.307 e. The highest BCUT2D eigenvalue weighted by Crippen LogP contribution is 2.42. The molecule has 0 saturated heterocycles. The van der Waals surface area contributed by atoms with Crippen molar-refractivity contribution in [3.05, 3.63) is 11.7 Å². The van der Waals surface area contributed by atoms with Gasteiger partial charge < -0.3 is 9.63 Å². The number of carbonyl (C=O) groups is 1. The zero-order chi connectivity index (χ0) is 13.8. The summed E-state index contributed by atoms with van der Waals surface area (Å²) < 4.78 is 5.27. The van der Waals surface area contributed by atoms with Gasteiger partial charge in [-0.3, -0.25) is 4.79 Å². The summed E-state index contributed by atoms with van der Waals surface area (Å²) >= 11 is 1.77. The first-order valence-corrected chi connectivity index (χ1v) is 7.90. The van der Waals surface area contributed by atoms with Gasteiger partial charge in [0.25, 0.3) is 0 Å². The second-order valence-electron chi connectivity index (χ2n) is 5.23. The van der Waals surface area contributed by atoms with Crippen molar-refractivity contribution in [2.75, 3.05) is 5.75 Å². The van der Waals surface area contributed by atoms with Crippen LogP contribution in [0.2, 0.25) is 0 Å². The third-order valence-corrected chi connectivity index (χ3v) is 4.66. The van der Waals surface area contributed by atoms with Crippen LogP contribution in [-0.4, -0.2) is 27.0 Å². The minimum atomic E-state index is -0.755. The third kappa shape index (κ3) is 3.49. The number of rotatable bonds is 6. The summed E-state index contributed by atoms with van der Waals surface area (Å²) in [7, 11) is 0. The Morgan fingerprint density at radius 2 is 2.32 bits per heavy atom. The van der Waals surface area contributed by atoms with Crippen LogP contribution in [0.25, 0.3) is 0 Å². The van der Waals surface area contributed by atoms with Crippen molar-refractivity contribution in [2.24, 2.45) is 11.8 Å². The normalized spacial score (nSPS) is 26.7. The van der Waals surface area contributed by atoms with Crippen LogP contribution < -0.4 is 0 Å². The van der Waals surface area contributed by atoms with E-state index in [1.54, 1.807) is 11.8 Å². The molecule has 1 heterocycles. The number of aromatic nitrogens is 2. The molecule has 3 atom stereocenters. The van der Waals surface area contributed by atoms with Crippen LogP contribution in [0.15, 0.2) is 4.52 Å². The Kier molecular flexibility index (Phi) is 4.85. The molecule has 1 fully saturated rings. The summed E-state index contributed by atoms with van der Waals surface area (Å²) in [6, 6.07) is 0. The first-order valence-electron chi connectivity index (χ1n) is 6.74. The van der Waals surface area contributed by atoms with E-state index in [1.165, 1.54) is 0 Å². The van der Waals surface area contributed by atoms with Gasteiger partial charge in [-0.2, -0.15) is 16.7 Å². The lowest BCUT2D eigenvalue weighted by Crippen LogP contribution is -2.17. The highest BCUT2D eigenvalue weighted by molar-refractivity contribution is 7.98. The molecule has 1 aromatic heterocycles. The molecular weight excluding hydrogens is 264 g/mol. The molecule has 6 heteroatoms. The quantitative estimate of drug-likeness (QED) is 0.809. The number of carboxylic acid groups (broad SMARTS) is 1. The lowest BCUT2D eigenvalue weighted by molar-refractivity contribution is -0.142. The predicted molar refractivity (Wildman–Crippen MR) is 73.0 cm³/mol. The summed E-state index contributed by atoms with van der Waals surface area (Å²) in [5.74, 6) is 2.13. The molecule has 0 spiro atoms. The van der Waals surface area contributed by atoms with Gasteiger partial charge in [-0.15, -0.1) is 0 Å². The Morgan fingerprint density at radius 3 is 3.00 bits per heavy atom. The van der Waals surface area contributed by atoms with Crippen molar-refractivity contribution >= 4 is 17.7 Å². The molecule has 19 heavy (non-hydrogen) atoms. The molecule has 0 radical (unpaired) electrons. The van der Waals surface area contributed by atoms with Gasteiger partial charge in [0.15, 0.2) is 5.82 Å². The fourth-order valence-corrected chi connectivity index (χ4v) is 3.35. The zero-order valence-corrected chi connectivity index (χ0v) is 12.2. The molecule has 0 aliphatic heterocycles. The molecule has 106 valence electrons. The first kappa shape index (κ1) is 14.4. The number of nitrogens with zero attached hydrogens (tertiary/aromatic N) is 2. The maximum Gasteiger partial charge on any atom is 0.307 e. The summed E-state index contributed by atoms with van der Waals surface area (Å²) in [5.41, 5.74) is 0. The van der Waals surface area contributed by atoms with E-state index in [0.29, 0.717) is 24.1 Å². The summed E-state index contributed by atoms with van der Waals surface area (Å²) in [6.45, 7) is 4.20. The summed E-state index contributed by atoms with van der Waals surface area (Å²) in [5, 5.41) is 13.2. The van der Waals surface area contributed by atoms with Crippen molar-refractivity contribution in [3.63, 3.8) is 0 Å². The molecule has 0 bridgehead atoms. The van der Waals surface area contributed by atoms with E-state index in [2.05, 4.69) is 24.0 Å². The minimum absolute atomic E-state index is 0.120. The lowest BCUT2D eigenvalue weighted by Gasteiger charge is -2.09. The largest absolute Gasteiger partial charge is 0.481 e. The second-order valence-corrected chi connectivity index (χ2v) is 6.33. The maximum atomic E-state index is 11.3. The highest BCUT2D eigenvalue weighted by atomic mass is 32.2. The lowest BCUT2D eigenvalue weighted by atomic mass is 9.96. The molecule has 1 aliphatic rings. The van der Waals surface area contributed by atoms with E-state index >= 15 is 0 Å². The van der Waals surface area contributed by atoms with E-state index in [9.17, 15) is 9.90 Å². The van der Waals surface area contributed by atoms with Crippen molar-refractivity contribution < 1.29 is 14.4 Å². The Balaban J connectivity index is 2.02. The van der Waals surface area contributed by atoms with Gasteiger partial charge in [-0.1, -0.05) is 19.0 Å². The number of hydrogen-bond donors (Lipinski definition) is 1. The van der Waals surface area contributed by atoms with Crippen molar-refractivity contribution in [3.8, 4) is 0 Å².